The molecule has 230 valence electrons. The lowest BCUT2D eigenvalue weighted by molar-refractivity contribution is -0.344. The van der Waals surface area contributed by atoms with Crippen molar-refractivity contribution in [1.29, 1.82) is 0 Å². The van der Waals surface area contributed by atoms with Gasteiger partial charge in [-0.15, -0.1) is 0 Å². The maximum Gasteiger partial charge on any atom is 0.402 e. The van der Waals surface area contributed by atoms with Crippen molar-refractivity contribution in [3.05, 3.63) is 36.4 Å². The Kier molecular flexibility index (Phi) is 9.49. The highest BCUT2D eigenvalue weighted by molar-refractivity contribution is 5.88. The van der Waals surface area contributed by atoms with Crippen molar-refractivity contribution in [2.45, 2.75) is 55.3 Å². The molecule has 42 heavy (non-hydrogen) atoms. The van der Waals surface area contributed by atoms with Gasteiger partial charge >= 0.3 is 11.3 Å². The number of aromatic hydroxyl groups is 4. The Bertz CT molecular complexity index is 1410. The molecule has 2 fully saturated rings. The molecule has 2 saturated heterocycles. The van der Waals surface area contributed by atoms with Crippen LogP contribution in [0.3, 0.4) is 0 Å². The molecule has 9 atom stereocenters. The van der Waals surface area contributed by atoms with Gasteiger partial charge in [0.15, 0.2) is 23.9 Å². The second kappa shape index (κ2) is 12.6. The summed E-state index contributed by atoms with van der Waals surface area (Å²) < 4.78 is 28.5. The number of aliphatic hydroxyl groups is 6. The Hall–Kier alpha value is -3.22. The van der Waals surface area contributed by atoms with Crippen molar-refractivity contribution in [2.24, 2.45) is 0 Å². The molecule has 2 aromatic carbocycles. The van der Waals surface area contributed by atoms with Crippen LogP contribution in [0.5, 0.6) is 28.7 Å². The SMILES string of the molecule is OCC1OC(Oc2cc3c(O)cc(O)cc3[o+]c2-c2ccc(O)c(O)c2)C(OC2OCC(O)C(O)C2O)C(O)C1O.[Cl-]. The van der Waals surface area contributed by atoms with E-state index in [1.165, 1.54) is 24.3 Å². The van der Waals surface area contributed by atoms with Crippen molar-refractivity contribution < 1.29 is 86.8 Å². The third-order valence-electron chi connectivity index (χ3n) is 6.87. The van der Waals surface area contributed by atoms with Crippen LogP contribution in [0.4, 0.5) is 0 Å². The zero-order valence-corrected chi connectivity index (χ0v) is 22.2. The van der Waals surface area contributed by atoms with Gasteiger partial charge in [-0.2, -0.15) is 0 Å². The topological polar surface area (TPSA) is 251 Å². The van der Waals surface area contributed by atoms with Crippen LogP contribution in [0.2, 0.25) is 0 Å². The lowest BCUT2D eigenvalue weighted by atomic mass is 9.98. The monoisotopic (exact) mass is 616 g/mol. The van der Waals surface area contributed by atoms with E-state index in [9.17, 15) is 51.1 Å². The summed E-state index contributed by atoms with van der Waals surface area (Å²) in [7, 11) is 0. The highest BCUT2D eigenvalue weighted by atomic mass is 35.5. The third kappa shape index (κ3) is 5.97. The van der Waals surface area contributed by atoms with Gasteiger partial charge in [0.05, 0.1) is 24.8 Å². The molecule has 9 unspecified atom stereocenters. The minimum atomic E-state index is -1.80. The molecular formula is C26H29ClO15. The van der Waals surface area contributed by atoms with Crippen molar-refractivity contribution >= 4 is 11.0 Å². The van der Waals surface area contributed by atoms with Crippen LogP contribution < -0.4 is 17.1 Å². The van der Waals surface area contributed by atoms with E-state index >= 15 is 0 Å². The second-order valence-electron chi connectivity index (χ2n) is 9.70. The van der Waals surface area contributed by atoms with Crippen LogP contribution in [0.15, 0.2) is 40.8 Å². The summed E-state index contributed by atoms with van der Waals surface area (Å²) in [5, 5.41) is 101. The lowest BCUT2D eigenvalue weighted by Crippen LogP contribution is -3.00. The van der Waals surface area contributed by atoms with Gasteiger partial charge in [0, 0.05) is 18.2 Å². The Labute approximate surface area is 243 Å². The predicted octanol–water partition coefficient (Wildman–Crippen LogP) is -4.15. The first-order valence-corrected chi connectivity index (χ1v) is 12.4. The molecule has 0 aliphatic carbocycles. The Morgan fingerprint density at radius 3 is 2.24 bits per heavy atom. The maximum absolute atomic E-state index is 10.9. The number of rotatable bonds is 6. The predicted molar refractivity (Wildman–Crippen MR) is 134 cm³/mol. The van der Waals surface area contributed by atoms with Gasteiger partial charge in [0.25, 0.3) is 0 Å². The molecule has 2 aliphatic rings. The molecule has 0 bridgehead atoms. The fourth-order valence-corrected chi connectivity index (χ4v) is 4.61. The van der Waals surface area contributed by atoms with Crippen molar-refractivity contribution in [2.75, 3.05) is 13.2 Å². The molecule has 3 heterocycles. The van der Waals surface area contributed by atoms with E-state index < -0.39 is 85.8 Å². The van der Waals surface area contributed by atoms with Crippen LogP contribution in [-0.4, -0.2) is 120 Å². The number of benzene rings is 2. The molecule has 0 saturated carbocycles. The number of ether oxygens (including phenoxy) is 4. The summed E-state index contributed by atoms with van der Waals surface area (Å²) in [6.07, 6.45) is -14.6. The number of halogens is 1. The largest absolute Gasteiger partial charge is 1.00 e. The van der Waals surface area contributed by atoms with E-state index in [2.05, 4.69) is 0 Å². The van der Waals surface area contributed by atoms with Crippen LogP contribution in [0, 0.1) is 0 Å². The fourth-order valence-electron chi connectivity index (χ4n) is 4.61. The van der Waals surface area contributed by atoms with E-state index in [0.29, 0.717) is 0 Å². The number of aliphatic hydroxyl groups excluding tert-OH is 6. The summed E-state index contributed by atoms with van der Waals surface area (Å²) >= 11 is 0. The van der Waals surface area contributed by atoms with E-state index in [1.54, 1.807) is 0 Å². The molecule has 0 amide bonds. The minimum Gasteiger partial charge on any atom is -1.00 e. The number of phenolic OH excluding ortho intramolecular Hbond substituents is 4. The molecule has 2 aliphatic heterocycles. The van der Waals surface area contributed by atoms with Gasteiger partial charge in [-0.3, -0.25) is 0 Å². The summed E-state index contributed by atoms with van der Waals surface area (Å²) in [5.41, 5.74) is 0.139. The van der Waals surface area contributed by atoms with E-state index in [4.69, 9.17) is 23.4 Å². The first-order valence-electron chi connectivity index (χ1n) is 12.4. The van der Waals surface area contributed by atoms with Gasteiger partial charge in [-0.25, -0.2) is 4.42 Å². The average Bonchev–Trinajstić information content (AvgIpc) is 2.94. The van der Waals surface area contributed by atoms with E-state index in [-0.39, 0.29) is 46.2 Å². The summed E-state index contributed by atoms with van der Waals surface area (Å²) in [4.78, 5) is 0. The van der Waals surface area contributed by atoms with Crippen molar-refractivity contribution in [3.8, 4) is 40.1 Å². The number of phenols is 4. The summed E-state index contributed by atoms with van der Waals surface area (Å²) in [6, 6.07) is 7.19. The van der Waals surface area contributed by atoms with E-state index in [1.807, 2.05) is 0 Å². The Morgan fingerprint density at radius 1 is 0.810 bits per heavy atom. The fraction of sp³-hybridized carbons (Fsp3) is 0.423. The van der Waals surface area contributed by atoms with Gasteiger partial charge in [-0.1, -0.05) is 0 Å². The smallest absolute Gasteiger partial charge is 0.402 e. The van der Waals surface area contributed by atoms with Gasteiger partial charge in [0.1, 0.15) is 53.5 Å². The summed E-state index contributed by atoms with van der Waals surface area (Å²) in [6.45, 7) is -1.18. The molecule has 5 rings (SSSR count). The summed E-state index contributed by atoms with van der Waals surface area (Å²) in [5.74, 6) is -1.98. The molecule has 1 aromatic heterocycles. The molecule has 15 nitrogen and oxygen atoms in total. The highest BCUT2D eigenvalue weighted by Gasteiger charge is 2.50. The number of fused-ring (bicyclic) bond motifs is 1. The quantitative estimate of drug-likeness (QED) is 0.0932. The van der Waals surface area contributed by atoms with Gasteiger partial charge in [-0.05, 0) is 12.1 Å². The number of hydrogen-bond donors (Lipinski definition) is 10. The zero-order valence-electron chi connectivity index (χ0n) is 21.5. The molecule has 0 radical (unpaired) electrons. The molecular weight excluding hydrogens is 588 g/mol. The molecule has 3 aromatic rings. The Balaban J connectivity index is 0.00000405. The number of hydrogen-bond acceptors (Lipinski definition) is 14. The van der Waals surface area contributed by atoms with Crippen molar-refractivity contribution in [3.63, 3.8) is 0 Å². The van der Waals surface area contributed by atoms with Crippen LogP contribution in [0.25, 0.3) is 22.3 Å². The van der Waals surface area contributed by atoms with Gasteiger partial charge in [0.2, 0.25) is 12.0 Å². The lowest BCUT2D eigenvalue weighted by Gasteiger charge is -2.44. The standard InChI is InChI=1S/C26H28O15.ClH/c27-7-18-20(34)21(35)24(41-25-22(36)19(33)15(32)8-37-25)26(40-18)39-17-6-11-13(30)4-10(28)5-16(11)38-23(17)9-1-2-12(29)14(31)3-9;/h1-6,15,18-22,24-27,32-36H,7-8H2,(H3-,28,29,30,31);1H. The van der Waals surface area contributed by atoms with Crippen LogP contribution in [-0.2, 0) is 14.2 Å². The van der Waals surface area contributed by atoms with Crippen molar-refractivity contribution in [1.82, 2.24) is 0 Å². The molecule has 10 N–H and O–H groups in total. The maximum atomic E-state index is 10.9. The first-order chi connectivity index (χ1) is 19.5. The molecule has 0 spiro atoms. The van der Waals surface area contributed by atoms with E-state index in [0.717, 1.165) is 12.1 Å². The third-order valence-corrected chi connectivity index (χ3v) is 6.87. The normalized spacial score (nSPS) is 31.4. The highest BCUT2D eigenvalue weighted by Crippen LogP contribution is 2.42. The van der Waals surface area contributed by atoms with Crippen LogP contribution >= 0.6 is 0 Å². The molecule has 16 heteroatoms. The minimum absolute atomic E-state index is 0. The first kappa shape index (κ1) is 31.7. The van der Waals surface area contributed by atoms with Gasteiger partial charge < -0.3 is 82.4 Å². The average molecular weight is 617 g/mol. The second-order valence-corrected chi connectivity index (χ2v) is 9.70. The zero-order chi connectivity index (χ0) is 29.6. The van der Waals surface area contributed by atoms with Crippen LogP contribution in [0.1, 0.15) is 0 Å². The Morgan fingerprint density at radius 2 is 1.55 bits per heavy atom.